The SMILES string of the molecule is CC(=O)N1CCCN(C(=O)c2ccc(C(C)(C)C)cc2C)CC1. The number of hydrogen-bond donors (Lipinski definition) is 0. The van der Waals surface area contributed by atoms with Crippen molar-refractivity contribution in [3.8, 4) is 0 Å². The number of hydrogen-bond acceptors (Lipinski definition) is 2. The molecule has 1 aliphatic heterocycles. The van der Waals surface area contributed by atoms with Gasteiger partial charge in [-0.2, -0.15) is 0 Å². The third-order valence-electron chi connectivity index (χ3n) is 4.55. The van der Waals surface area contributed by atoms with E-state index in [1.165, 1.54) is 5.56 Å². The van der Waals surface area contributed by atoms with Gasteiger partial charge >= 0.3 is 0 Å². The highest BCUT2D eigenvalue weighted by molar-refractivity contribution is 5.95. The van der Waals surface area contributed by atoms with Crippen molar-refractivity contribution >= 4 is 11.8 Å². The first-order chi connectivity index (χ1) is 10.7. The molecule has 0 saturated carbocycles. The average molecular weight is 316 g/mol. The summed E-state index contributed by atoms with van der Waals surface area (Å²) in [6.07, 6.45) is 0.838. The maximum atomic E-state index is 12.8. The van der Waals surface area contributed by atoms with Crippen LogP contribution in [0, 0.1) is 6.92 Å². The molecule has 126 valence electrons. The lowest BCUT2D eigenvalue weighted by Crippen LogP contribution is -2.36. The van der Waals surface area contributed by atoms with E-state index in [9.17, 15) is 9.59 Å². The molecule has 1 saturated heterocycles. The molecule has 1 heterocycles. The Morgan fingerprint density at radius 2 is 1.61 bits per heavy atom. The molecule has 4 heteroatoms. The van der Waals surface area contributed by atoms with Crippen LogP contribution < -0.4 is 0 Å². The molecule has 0 radical (unpaired) electrons. The zero-order valence-corrected chi connectivity index (χ0v) is 15.0. The van der Waals surface area contributed by atoms with E-state index in [4.69, 9.17) is 0 Å². The molecule has 4 nitrogen and oxygen atoms in total. The summed E-state index contributed by atoms with van der Waals surface area (Å²) in [7, 11) is 0. The van der Waals surface area contributed by atoms with Crippen LogP contribution in [0.1, 0.15) is 55.6 Å². The summed E-state index contributed by atoms with van der Waals surface area (Å²) in [5.41, 5.74) is 3.12. The van der Waals surface area contributed by atoms with Crippen LogP contribution in [-0.4, -0.2) is 47.8 Å². The summed E-state index contributed by atoms with van der Waals surface area (Å²) < 4.78 is 0. The van der Waals surface area contributed by atoms with Crippen molar-refractivity contribution in [3.63, 3.8) is 0 Å². The van der Waals surface area contributed by atoms with Gasteiger partial charge in [-0.25, -0.2) is 0 Å². The van der Waals surface area contributed by atoms with Crippen molar-refractivity contribution in [2.75, 3.05) is 26.2 Å². The first kappa shape index (κ1) is 17.5. The minimum absolute atomic E-state index is 0.0772. The molecule has 1 fully saturated rings. The fourth-order valence-corrected chi connectivity index (χ4v) is 2.98. The van der Waals surface area contributed by atoms with E-state index in [0.717, 1.165) is 24.1 Å². The number of amides is 2. The van der Waals surface area contributed by atoms with Crippen LogP contribution in [0.25, 0.3) is 0 Å². The van der Waals surface area contributed by atoms with Gasteiger partial charge < -0.3 is 9.80 Å². The van der Waals surface area contributed by atoms with Gasteiger partial charge in [-0.1, -0.05) is 32.9 Å². The molecule has 1 aliphatic rings. The predicted molar refractivity (Wildman–Crippen MR) is 92.7 cm³/mol. The van der Waals surface area contributed by atoms with E-state index in [-0.39, 0.29) is 17.2 Å². The lowest BCUT2D eigenvalue weighted by Gasteiger charge is -2.24. The normalized spacial score (nSPS) is 16.2. The van der Waals surface area contributed by atoms with Gasteiger partial charge in [0.25, 0.3) is 5.91 Å². The molecule has 0 unspecified atom stereocenters. The Balaban J connectivity index is 2.16. The van der Waals surface area contributed by atoms with Gasteiger partial charge in [-0.05, 0) is 36.0 Å². The van der Waals surface area contributed by atoms with Crippen LogP contribution in [0.3, 0.4) is 0 Å². The summed E-state index contributed by atoms with van der Waals surface area (Å²) in [6, 6.07) is 6.12. The van der Waals surface area contributed by atoms with Crippen molar-refractivity contribution in [3.05, 3.63) is 34.9 Å². The minimum atomic E-state index is 0.0772. The number of benzene rings is 1. The van der Waals surface area contributed by atoms with Crippen molar-refractivity contribution < 1.29 is 9.59 Å². The molecular weight excluding hydrogens is 288 g/mol. The Bertz CT molecular complexity index is 602. The Morgan fingerprint density at radius 3 is 2.17 bits per heavy atom. The minimum Gasteiger partial charge on any atom is -0.341 e. The quantitative estimate of drug-likeness (QED) is 0.799. The zero-order chi connectivity index (χ0) is 17.2. The Labute approximate surface area is 139 Å². The lowest BCUT2D eigenvalue weighted by molar-refractivity contribution is -0.128. The van der Waals surface area contributed by atoms with Crippen molar-refractivity contribution in [2.45, 2.75) is 46.5 Å². The fraction of sp³-hybridized carbons (Fsp3) is 0.579. The molecule has 0 atom stereocenters. The number of aryl methyl sites for hydroxylation is 1. The molecule has 0 spiro atoms. The third kappa shape index (κ3) is 4.12. The summed E-state index contributed by atoms with van der Waals surface area (Å²) in [4.78, 5) is 28.0. The maximum Gasteiger partial charge on any atom is 0.254 e. The molecule has 23 heavy (non-hydrogen) atoms. The molecule has 0 bridgehead atoms. The summed E-state index contributed by atoms with van der Waals surface area (Å²) >= 11 is 0. The third-order valence-corrected chi connectivity index (χ3v) is 4.55. The molecular formula is C19H28N2O2. The van der Waals surface area contributed by atoms with E-state index >= 15 is 0 Å². The van der Waals surface area contributed by atoms with E-state index in [2.05, 4.69) is 32.9 Å². The van der Waals surface area contributed by atoms with Crippen LogP contribution in [0.2, 0.25) is 0 Å². The van der Waals surface area contributed by atoms with E-state index in [1.807, 2.05) is 22.8 Å². The molecule has 0 aliphatic carbocycles. The predicted octanol–water partition coefficient (Wildman–Crippen LogP) is 2.99. The second kappa shape index (κ2) is 6.73. The van der Waals surface area contributed by atoms with Crippen LogP contribution in [0.15, 0.2) is 18.2 Å². The molecule has 0 aromatic heterocycles. The Kier molecular flexibility index (Phi) is 5.12. The zero-order valence-electron chi connectivity index (χ0n) is 15.0. The largest absolute Gasteiger partial charge is 0.341 e. The Hall–Kier alpha value is -1.84. The average Bonchev–Trinajstić information content (AvgIpc) is 2.71. The summed E-state index contributed by atoms with van der Waals surface area (Å²) in [6.45, 7) is 12.8. The first-order valence-electron chi connectivity index (χ1n) is 8.36. The van der Waals surface area contributed by atoms with E-state index < -0.39 is 0 Å². The molecule has 0 N–H and O–H groups in total. The van der Waals surface area contributed by atoms with Gasteiger partial charge in [-0.15, -0.1) is 0 Å². The molecule has 1 aromatic carbocycles. The van der Waals surface area contributed by atoms with Crippen molar-refractivity contribution in [1.29, 1.82) is 0 Å². The smallest absolute Gasteiger partial charge is 0.254 e. The van der Waals surface area contributed by atoms with Crippen LogP contribution in [-0.2, 0) is 10.2 Å². The standard InChI is InChI=1S/C19H28N2O2/c1-14-13-16(19(3,4)5)7-8-17(14)18(23)21-10-6-9-20(11-12-21)15(2)22/h7-8,13H,6,9-12H2,1-5H3. The van der Waals surface area contributed by atoms with Gasteiger partial charge in [-0.3, -0.25) is 9.59 Å². The van der Waals surface area contributed by atoms with Crippen LogP contribution >= 0.6 is 0 Å². The van der Waals surface area contributed by atoms with E-state index in [0.29, 0.717) is 19.6 Å². The highest BCUT2D eigenvalue weighted by atomic mass is 16.2. The van der Waals surface area contributed by atoms with Gasteiger partial charge in [0, 0.05) is 38.7 Å². The fourth-order valence-electron chi connectivity index (χ4n) is 2.98. The van der Waals surface area contributed by atoms with Crippen molar-refractivity contribution in [2.24, 2.45) is 0 Å². The molecule has 2 rings (SSSR count). The highest BCUT2D eigenvalue weighted by Gasteiger charge is 2.23. The number of nitrogens with zero attached hydrogens (tertiary/aromatic N) is 2. The number of rotatable bonds is 1. The number of carbonyl (C=O) groups excluding carboxylic acids is 2. The number of carbonyl (C=O) groups is 2. The van der Waals surface area contributed by atoms with Crippen molar-refractivity contribution in [1.82, 2.24) is 9.80 Å². The monoisotopic (exact) mass is 316 g/mol. The van der Waals surface area contributed by atoms with Gasteiger partial charge in [0.2, 0.25) is 5.91 Å². The molecule has 1 aromatic rings. The van der Waals surface area contributed by atoms with Gasteiger partial charge in [0.15, 0.2) is 0 Å². The van der Waals surface area contributed by atoms with Gasteiger partial charge in [0.1, 0.15) is 0 Å². The second-order valence-corrected chi connectivity index (χ2v) is 7.43. The van der Waals surface area contributed by atoms with E-state index in [1.54, 1.807) is 6.92 Å². The highest BCUT2D eigenvalue weighted by Crippen LogP contribution is 2.25. The lowest BCUT2D eigenvalue weighted by atomic mass is 9.85. The van der Waals surface area contributed by atoms with Gasteiger partial charge in [0.05, 0.1) is 0 Å². The summed E-state index contributed by atoms with van der Waals surface area (Å²) in [5.74, 6) is 0.165. The Morgan fingerprint density at radius 1 is 1.00 bits per heavy atom. The maximum absolute atomic E-state index is 12.8. The molecule has 2 amide bonds. The second-order valence-electron chi connectivity index (χ2n) is 7.43. The topological polar surface area (TPSA) is 40.6 Å². The first-order valence-corrected chi connectivity index (χ1v) is 8.36. The van der Waals surface area contributed by atoms with Crippen LogP contribution in [0.4, 0.5) is 0 Å². The summed E-state index contributed by atoms with van der Waals surface area (Å²) in [5, 5.41) is 0. The van der Waals surface area contributed by atoms with Crippen LogP contribution in [0.5, 0.6) is 0 Å².